The van der Waals surface area contributed by atoms with Crippen LogP contribution in [-0.4, -0.2) is 16.0 Å². The highest BCUT2D eigenvalue weighted by atomic mass is 32.1. The lowest BCUT2D eigenvalue weighted by molar-refractivity contribution is 0.541. The largest absolute Gasteiger partial charge is 0.440 e. The molecule has 0 saturated carbocycles. The fraction of sp³-hybridized carbons (Fsp3) is 0.455. The van der Waals surface area contributed by atoms with Gasteiger partial charge in [0.05, 0.1) is 11.9 Å². The second-order valence-electron chi connectivity index (χ2n) is 4.17. The highest BCUT2D eigenvalue weighted by Crippen LogP contribution is 2.31. The Labute approximate surface area is 97.5 Å². The van der Waals surface area contributed by atoms with Gasteiger partial charge in [-0.25, -0.2) is 9.97 Å². The molecule has 0 spiro atoms. The molecule has 0 saturated heterocycles. The van der Waals surface area contributed by atoms with E-state index in [1.165, 1.54) is 10.6 Å². The molecule has 0 amide bonds. The predicted octanol–water partition coefficient (Wildman–Crippen LogP) is 1.92. The smallest absolute Gasteiger partial charge is 0.255 e. The Morgan fingerprint density at radius 2 is 2.44 bits per heavy atom. The van der Waals surface area contributed by atoms with Gasteiger partial charge in [-0.15, -0.1) is 11.3 Å². The van der Waals surface area contributed by atoms with Crippen LogP contribution in [0.2, 0.25) is 0 Å². The molecule has 0 radical (unpaired) electrons. The highest BCUT2D eigenvalue weighted by Gasteiger charge is 2.21. The maximum Gasteiger partial charge on any atom is 0.255 e. The molecule has 1 aliphatic rings. The molecule has 1 unspecified atom stereocenters. The lowest BCUT2D eigenvalue weighted by atomic mass is 9.99. The first-order valence-corrected chi connectivity index (χ1v) is 6.21. The molecule has 2 aromatic rings. The summed E-state index contributed by atoms with van der Waals surface area (Å²) in [5.41, 5.74) is 7.12. The van der Waals surface area contributed by atoms with Crippen LogP contribution in [0.3, 0.4) is 0 Å². The predicted molar refractivity (Wildman–Crippen MR) is 62.3 cm³/mol. The Kier molecular flexibility index (Phi) is 2.29. The number of nitrogens with two attached hydrogens (primary N) is 1. The normalized spacial score (nSPS) is 19.8. The van der Waals surface area contributed by atoms with Crippen LogP contribution in [-0.2, 0) is 12.8 Å². The van der Waals surface area contributed by atoms with Crippen LogP contribution in [0.25, 0.3) is 10.9 Å². The monoisotopic (exact) mass is 235 g/mol. The Hall–Kier alpha value is -1.20. The molecule has 0 bridgehead atoms. The molecule has 2 aromatic heterocycles. The summed E-state index contributed by atoms with van der Waals surface area (Å²) in [5.74, 6) is 1.45. The molecule has 5 heteroatoms. The standard InChI is InChI=1S/C11H13N3OS/c1-6-5-13-10(15-6)11-14-8-3-2-7(12)4-9(8)16-11/h5,7H,2-4,12H2,1H3. The van der Waals surface area contributed by atoms with Gasteiger partial charge in [0.25, 0.3) is 5.89 Å². The van der Waals surface area contributed by atoms with Gasteiger partial charge < -0.3 is 10.2 Å². The zero-order valence-corrected chi connectivity index (χ0v) is 9.88. The van der Waals surface area contributed by atoms with Crippen molar-refractivity contribution in [2.45, 2.75) is 32.2 Å². The topological polar surface area (TPSA) is 64.9 Å². The van der Waals surface area contributed by atoms with Crippen molar-refractivity contribution in [3.8, 4) is 10.9 Å². The summed E-state index contributed by atoms with van der Waals surface area (Å²) in [6.45, 7) is 1.89. The van der Waals surface area contributed by atoms with Gasteiger partial charge in [-0.1, -0.05) is 0 Å². The van der Waals surface area contributed by atoms with E-state index in [1.54, 1.807) is 17.5 Å². The van der Waals surface area contributed by atoms with Crippen LogP contribution in [0.4, 0.5) is 0 Å². The van der Waals surface area contributed by atoms with Crippen molar-refractivity contribution in [2.24, 2.45) is 5.73 Å². The number of fused-ring (bicyclic) bond motifs is 1. The fourth-order valence-corrected chi connectivity index (χ4v) is 3.08. The van der Waals surface area contributed by atoms with Crippen molar-refractivity contribution < 1.29 is 4.42 Å². The molecule has 2 heterocycles. The molecule has 1 aliphatic carbocycles. The second-order valence-corrected chi connectivity index (χ2v) is 5.25. The summed E-state index contributed by atoms with van der Waals surface area (Å²) in [4.78, 5) is 10.1. The third kappa shape index (κ3) is 1.66. The van der Waals surface area contributed by atoms with E-state index in [0.29, 0.717) is 5.89 Å². The molecule has 4 nitrogen and oxygen atoms in total. The molecule has 1 atom stereocenters. The van der Waals surface area contributed by atoms with Gasteiger partial charge >= 0.3 is 0 Å². The fourth-order valence-electron chi connectivity index (χ4n) is 1.95. The Bertz CT molecular complexity index is 517. The second kappa shape index (κ2) is 3.68. The van der Waals surface area contributed by atoms with Gasteiger partial charge in [0, 0.05) is 10.9 Å². The van der Waals surface area contributed by atoms with Crippen molar-refractivity contribution >= 4 is 11.3 Å². The van der Waals surface area contributed by atoms with Crippen LogP contribution in [0.15, 0.2) is 10.6 Å². The van der Waals surface area contributed by atoms with E-state index in [1.807, 2.05) is 6.92 Å². The van der Waals surface area contributed by atoms with Crippen molar-refractivity contribution in [3.63, 3.8) is 0 Å². The van der Waals surface area contributed by atoms with E-state index in [4.69, 9.17) is 10.2 Å². The molecule has 0 aromatic carbocycles. The van der Waals surface area contributed by atoms with Crippen LogP contribution in [0, 0.1) is 6.92 Å². The summed E-state index contributed by atoms with van der Waals surface area (Å²) < 4.78 is 5.48. The number of oxazole rings is 1. The molecule has 84 valence electrons. The minimum Gasteiger partial charge on any atom is -0.440 e. The molecular formula is C11H13N3OS. The molecule has 2 N–H and O–H groups in total. The highest BCUT2D eigenvalue weighted by molar-refractivity contribution is 7.15. The van der Waals surface area contributed by atoms with Crippen molar-refractivity contribution in [3.05, 3.63) is 22.5 Å². The minimum absolute atomic E-state index is 0.284. The zero-order chi connectivity index (χ0) is 11.1. The average molecular weight is 235 g/mol. The summed E-state index contributed by atoms with van der Waals surface area (Å²) >= 11 is 1.66. The molecule has 3 rings (SSSR count). The van der Waals surface area contributed by atoms with Crippen molar-refractivity contribution in [1.29, 1.82) is 0 Å². The molecular weight excluding hydrogens is 222 g/mol. The van der Waals surface area contributed by atoms with E-state index >= 15 is 0 Å². The first-order valence-electron chi connectivity index (χ1n) is 5.39. The van der Waals surface area contributed by atoms with Gasteiger partial charge in [0.1, 0.15) is 5.76 Å². The van der Waals surface area contributed by atoms with E-state index in [2.05, 4.69) is 9.97 Å². The zero-order valence-electron chi connectivity index (χ0n) is 9.06. The Morgan fingerprint density at radius 3 is 3.19 bits per heavy atom. The van der Waals surface area contributed by atoms with Crippen LogP contribution in [0.5, 0.6) is 0 Å². The van der Waals surface area contributed by atoms with Crippen LogP contribution >= 0.6 is 11.3 Å². The lowest BCUT2D eigenvalue weighted by Gasteiger charge is -2.15. The van der Waals surface area contributed by atoms with Gasteiger partial charge in [-0.2, -0.15) is 0 Å². The number of hydrogen-bond donors (Lipinski definition) is 1. The first-order chi connectivity index (χ1) is 7.72. The average Bonchev–Trinajstić information content (AvgIpc) is 2.83. The number of hydrogen-bond acceptors (Lipinski definition) is 5. The van der Waals surface area contributed by atoms with Crippen molar-refractivity contribution in [2.75, 3.05) is 0 Å². The maximum absolute atomic E-state index is 5.94. The number of nitrogens with zero attached hydrogens (tertiary/aromatic N) is 2. The first kappa shape index (κ1) is 9.99. The van der Waals surface area contributed by atoms with Crippen LogP contribution < -0.4 is 5.73 Å². The van der Waals surface area contributed by atoms with Gasteiger partial charge in [-0.05, 0) is 26.2 Å². The summed E-state index contributed by atoms with van der Waals surface area (Å²) in [6, 6.07) is 0.284. The molecule has 0 aliphatic heterocycles. The SMILES string of the molecule is Cc1cnc(-c2nc3c(s2)CC(N)CC3)o1. The van der Waals surface area contributed by atoms with Gasteiger partial charge in [0.15, 0.2) is 5.01 Å². The van der Waals surface area contributed by atoms with Gasteiger partial charge in [0.2, 0.25) is 0 Å². The Balaban J connectivity index is 1.98. The van der Waals surface area contributed by atoms with E-state index in [9.17, 15) is 0 Å². The number of rotatable bonds is 1. The summed E-state index contributed by atoms with van der Waals surface area (Å²) in [6.07, 6.45) is 4.67. The summed E-state index contributed by atoms with van der Waals surface area (Å²) in [7, 11) is 0. The van der Waals surface area contributed by atoms with E-state index < -0.39 is 0 Å². The summed E-state index contributed by atoms with van der Waals surface area (Å²) in [5, 5.41) is 0.882. The third-order valence-electron chi connectivity index (χ3n) is 2.78. The quantitative estimate of drug-likeness (QED) is 0.820. The minimum atomic E-state index is 0.284. The number of aryl methyl sites for hydroxylation is 2. The lowest BCUT2D eigenvalue weighted by Crippen LogP contribution is -2.26. The third-order valence-corrected chi connectivity index (χ3v) is 3.89. The molecule has 0 fully saturated rings. The van der Waals surface area contributed by atoms with Crippen LogP contribution in [0.1, 0.15) is 22.8 Å². The van der Waals surface area contributed by atoms with E-state index in [0.717, 1.165) is 30.0 Å². The van der Waals surface area contributed by atoms with E-state index in [-0.39, 0.29) is 6.04 Å². The Morgan fingerprint density at radius 1 is 1.56 bits per heavy atom. The number of aromatic nitrogens is 2. The number of thiazole rings is 1. The maximum atomic E-state index is 5.94. The van der Waals surface area contributed by atoms with Gasteiger partial charge in [-0.3, -0.25) is 0 Å². The van der Waals surface area contributed by atoms with Crippen molar-refractivity contribution in [1.82, 2.24) is 9.97 Å². The molecule has 16 heavy (non-hydrogen) atoms.